The minimum absolute atomic E-state index is 0.668. The van der Waals surface area contributed by atoms with Gasteiger partial charge in [0, 0.05) is 6.20 Å². The van der Waals surface area contributed by atoms with Crippen molar-refractivity contribution in [3.8, 4) is 5.69 Å². The molecule has 0 radical (unpaired) electrons. The van der Waals surface area contributed by atoms with Crippen LogP contribution in [-0.2, 0) is 6.42 Å². The fraction of sp³-hybridized carbons (Fsp3) is 0.250. The predicted molar refractivity (Wildman–Crippen MR) is 61.1 cm³/mol. The standard InChI is InChI=1S/C12H15N3/c1-10-11(7-8-13)9-15(14-10)12-5-3-2-4-6-12/h2-6,9H,7-8,13H2,1H3. The third-order valence-electron chi connectivity index (χ3n) is 2.43. The highest BCUT2D eigenvalue weighted by Crippen LogP contribution is 2.11. The van der Waals surface area contributed by atoms with Crippen LogP contribution in [-0.4, -0.2) is 16.3 Å². The van der Waals surface area contributed by atoms with Gasteiger partial charge < -0.3 is 5.73 Å². The highest BCUT2D eigenvalue weighted by molar-refractivity contribution is 5.32. The van der Waals surface area contributed by atoms with E-state index in [1.807, 2.05) is 41.9 Å². The Morgan fingerprint density at radius 1 is 1.27 bits per heavy atom. The molecule has 0 aliphatic carbocycles. The van der Waals surface area contributed by atoms with Crippen LogP contribution in [0.25, 0.3) is 5.69 Å². The minimum atomic E-state index is 0.668. The van der Waals surface area contributed by atoms with Gasteiger partial charge in [-0.2, -0.15) is 5.10 Å². The van der Waals surface area contributed by atoms with Crippen molar-refractivity contribution < 1.29 is 0 Å². The fourth-order valence-corrected chi connectivity index (χ4v) is 1.61. The Bertz CT molecular complexity index is 431. The number of benzene rings is 1. The summed E-state index contributed by atoms with van der Waals surface area (Å²) < 4.78 is 1.90. The largest absolute Gasteiger partial charge is 0.330 e. The van der Waals surface area contributed by atoms with Gasteiger partial charge in [0.25, 0.3) is 0 Å². The Balaban J connectivity index is 2.34. The highest BCUT2D eigenvalue weighted by Gasteiger charge is 2.04. The zero-order chi connectivity index (χ0) is 10.7. The zero-order valence-electron chi connectivity index (χ0n) is 8.85. The SMILES string of the molecule is Cc1nn(-c2ccccc2)cc1CCN. The van der Waals surface area contributed by atoms with Crippen LogP contribution in [0.2, 0.25) is 0 Å². The van der Waals surface area contributed by atoms with E-state index in [-0.39, 0.29) is 0 Å². The van der Waals surface area contributed by atoms with Crippen molar-refractivity contribution in [2.24, 2.45) is 5.73 Å². The lowest BCUT2D eigenvalue weighted by atomic mass is 10.2. The molecule has 15 heavy (non-hydrogen) atoms. The van der Waals surface area contributed by atoms with Gasteiger partial charge in [0.05, 0.1) is 11.4 Å². The second kappa shape index (κ2) is 4.28. The minimum Gasteiger partial charge on any atom is -0.330 e. The van der Waals surface area contributed by atoms with E-state index in [1.165, 1.54) is 5.56 Å². The Morgan fingerprint density at radius 2 is 2.00 bits per heavy atom. The van der Waals surface area contributed by atoms with Gasteiger partial charge in [-0.05, 0) is 37.6 Å². The summed E-state index contributed by atoms with van der Waals surface area (Å²) in [5, 5.41) is 4.46. The number of nitrogens with two attached hydrogens (primary N) is 1. The van der Waals surface area contributed by atoms with Crippen LogP contribution in [0, 0.1) is 6.92 Å². The van der Waals surface area contributed by atoms with Gasteiger partial charge >= 0.3 is 0 Å². The molecule has 1 aromatic carbocycles. The Morgan fingerprint density at radius 3 is 2.67 bits per heavy atom. The zero-order valence-corrected chi connectivity index (χ0v) is 8.85. The quantitative estimate of drug-likeness (QED) is 0.821. The molecule has 0 aliphatic heterocycles. The number of rotatable bonds is 3. The molecule has 2 aromatic rings. The maximum absolute atomic E-state index is 5.54. The molecule has 0 saturated heterocycles. The van der Waals surface area contributed by atoms with Gasteiger partial charge in [-0.15, -0.1) is 0 Å². The first kappa shape index (κ1) is 9.93. The van der Waals surface area contributed by atoms with Gasteiger partial charge in [-0.25, -0.2) is 4.68 Å². The van der Waals surface area contributed by atoms with E-state index < -0.39 is 0 Å². The normalized spacial score (nSPS) is 10.5. The Labute approximate surface area is 89.5 Å². The van der Waals surface area contributed by atoms with Crippen LogP contribution in [0.4, 0.5) is 0 Å². The number of para-hydroxylation sites is 1. The van der Waals surface area contributed by atoms with E-state index in [9.17, 15) is 0 Å². The van der Waals surface area contributed by atoms with E-state index in [2.05, 4.69) is 11.3 Å². The molecule has 2 rings (SSSR count). The number of hydrogen-bond donors (Lipinski definition) is 1. The third kappa shape index (κ3) is 2.07. The summed E-state index contributed by atoms with van der Waals surface area (Å²) in [6, 6.07) is 10.1. The molecule has 0 unspecified atom stereocenters. The summed E-state index contributed by atoms with van der Waals surface area (Å²) in [7, 11) is 0. The molecule has 0 saturated carbocycles. The summed E-state index contributed by atoms with van der Waals surface area (Å²) >= 11 is 0. The van der Waals surface area contributed by atoms with E-state index >= 15 is 0 Å². The molecular weight excluding hydrogens is 186 g/mol. The molecule has 0 fully saturated rings. The van der Waals surface area contributed by atoms with Gasteiger partial charge in [0.2, 0.25) is 0 Å². The molecule has 2 N–H and O–H groups in total. The molecule has 3 nitrogen and oxygen atoms in total. The average molecular weight is 201 g/mol. The lowest BCUT2D eigenvalue weighted by Crippen LogP contribution is -2.02. The van der Waals surface area contributed by atoms with Crippen molar-refractivity contribution in [2.75, 3.05) is 6.54 Å². The monoisotopic (exact) mass is 201 g/mol. The van der Waals surface area contributed by atoms with E-state index in [1.54, 1.807) is 0 Å². The van der Waals surface area contributed by atoms with Gasteiger partial charge in [0.1, 0.15) is 0 Å². The van der Waals surface area contributed by atoms with Crippen LogP contribution in [0.15, 0.2) is 36.5 Å². The average Bonchev–Trinajstić information content (AvgIpc) is 2.63. The van der Waals surface area contributed by atoms with Crippen LogP contribution >= 0.6 is 0 Å². The van der Waals surface area contributed by atoms with E-state index in [0.717, 1.165) is 17.8 Å². The molecular formula is C12H15N3. The molecule has 1 heterocycles. The number of nitrogens with zero attached hydrogens (tertiary/aromatic N) is 2. The molecule has 78 valence electrons. The summed E-state index contributed by atoms with van der Waals surface area (Å²) in [6.45, 7) is 2.69. The van der Waals surface area contributed by atoms with E-state index in [0.29, 0.717) is 6.54 Å². The molecule has 0 amide bonds. The second-order valence-electron chi connectivity index (χ2n) is 3.56. The maximum atomic E-state index is 5.54. The van der Waals surface area contributed by atoms with Gasteiger partial charge in [-0.1, -0.05) is 18.2 Å². The molecule has 1 aromatic heterocycles. The molecule has 0 aliphatic rings. The van der Waals surface area contributed by atoms with Crippen molar-refractivity contribution in [3.63, 3.8) is 0 Å². The fourth-order valence-electron chi connectivity index (χ4n) is 1.61. The van der Waals surface area contributed by atoms with Crippen molar-refractivity contribution in [1.29, 1.82) is 0 Å². The van der Waals surface area contributed by atoms with E-state index in [4.69, 9.17) is 5.73 Å². The lowest BCUT2D eigenvalue weighted by Gasteiger charge is -1.98. The van der Waals surface area contributed by atoms with Crippen LogP contribution in [0.5, 0.6) is 0 Å². The van der Waals surface area contributed by atoms with Gasteiger partial charge in [-0.3, -0.25) is 0 Å². The van der Waals surface area contributed by atoms with Crippen molar-refractivity contribution in [1.82, 2.24) is 9.78 Å². The van der Waals surface area contributed by atoms with Crippen LogP contribution < -0.4 is 5.73 Å². The first-order chi connectivity index (χ1) is 7.31. The number of hydrogen-bond acceptors (Lipinski definition) is 2. The first-order valence-electron chi connectivity index (χ1n) is 5.12. The smallest absolute Gasteiger partial charge is 0.0645 e. The van der Waals surface area contributed by atoms with Crippen molar-refractivity contribution >= 4 is 0 Å². The molecule has 3 heteroatoms. The molecule has 0 atom stereocenters. The highest BCUT2D eigenvalue weighted by atomic mass is 15.3. The summed E-state index contributed by atoms with van der Waals surface area (Å²) in [5.41, 5.74) is 8.91. The maximum Gasteiger partial charge on any atom is 0.0645 e. The Kier molecular flexibility index (Phi) is 2.83. The molecule has 0 spiro atoms. The van der Waals surface area contributed by atoms with Crippen molar-refractivity contribution in [2.45, 2.75) is 13.3 Å². The third-order valence-corrected chi connectivity index (χ3v) is 2.43. The molecule has 0 bridgehead atoms. The van der Waals surface area contributed by atoms with Crippen molar-refractivity contribution in [3.05, 3.63) is 47.8 Å². The predicted octanol–water partition coefficient (Wildman–Crippen LogP) is 1.68. The summed E-state index contributed by atoms with van der Waals surface area (Å²) in [5.74, 6) is 0. The van der Waals surface area contributed by atoms with Gasteiger partial charge in [0.15, 0.2) is 0 Å². The summed E-state index contributed by atoms with van der Waals surface area (Å²) in [6.07, 6.45) is 2.94. The summed E-state index contributed by atoms with van der Waals surface area (Å²) in [4.78, 5) is 0. The lowest BCUT2D eigenvalue weighted by molar-refractivity contribution is 0.863. The number of aryl methyl sites for hydroxylation is 1. The number of aromatic nitrogens is 2. The Hall–Kier alpha value is -1.61. The van der Waals surface area contributed by atoms with Crippen LogP contribution in [0.1, 0.15) is 11.3 Å². The first-order valence-corrected chi connectivity index (χ1v) is 5.12. The van der Waals surface area contributed by atoms with Crippen LogP contribution in [0.3, 0.4) is 0 Å². The second-order valence-corrected chi connectivity index (χ2v) is 3.56. The topological polar surface area (TPSA) is 43.8 Å².